The summed E-state index contributed by atoms with van der Waals surface area (Å²) in [6, 6.07) is 7.99. The van der Waals surface area contributed by atoms with Crippen molar-refractivity contribution in [3.63, 3.8) is 0 Å². The lowest BCUT2D eigenvalue weighted by Crippen LogP contribution is -2.39. The van der Waals surface area contributed by atoms with Gasteiger partial charge in [0.2, 0.25) is 5.91 Å². The number of carbonyl (C=O) groups excluding carboxylic acids is 1. The van der Waals surface area contributed by atoms with E-state index in [1.54, 1.807) is 12.2 Å². The lowest BCUT2D eigenvalue weighted by Gasteiger charge is -2.26. The molecule has 4 heteroatoms. The van der Waals surface area contributed by atoms with Crippen LogP contribution in [0.15, 0.2) is 30.3 Å². The zero-order chi connectivity index (χ0) is 13.7. The molecule has 1 aromatic rings. The molecule has 0 radical (unpaired) electrons. The number of nitrogen functional groups attached to an aromatic ring is 1. The van der Waals surface area contributed by atoms with Crippen molar-refractivity contribution in [2.45, 2.75) is 37.8 Å². The Labute approximate surface area is 113 Å². The van der Waals surface area contributed by atoms with Crippen LogP contribution in [0.25, 0.3) is 6.08 Å². The molecule has 5 N–H and O–H groups in total. The molecular weight excluding hydrogens is 238 g/mol. The summed E-state index contributed by atoms with van der Waals surface area (Å²) < 4.78 is 0. The average molecular weight is 259 g/mol. The maximum atomic E-state index is 11.8. The van der Waals surface area contributed by atoms with E-state index in [1.165, 1.54) is 0 Å². The molecule has 2 rings (SSSR count). The van der Waals surface area contributed by atoms with Crippen LogP contribution in [0.3, 0.4) is 0 Å². The summed E-state index contributed by atoms with van der Waals surface area (Å²) >= 11 is 0. The first-order valence-electron chi connectivity index (χ1n) is 6.73. The maximum absolute atomic E-state index is 11.8. The van der Waals surface area contributed by atoms with Crippen LogP contribution < -0.4 is 16.8 Å². The van der Waals surface area contributed by atoms with Gasteiger partial charge in [-0.2, -0.15) is 0 Å². The Bertz CT molecular complexity index is 445. The van der Waals surface area contributed by atoms with E-state index in [9.17, 15) is 4.79 Å². The molecule has 0 bridgehead atoms. The summed E-state index contributed by atoms with van der Waals surface area (Å²) in [5.41, 5.74) is 13.1. The molecule has 0 aromatic heterocycles. The van der Waals surface area contributed by atoms with Crippen molar-refractivity contribution in [2.75, 3.05) is 5.73 Å². The second-order valence-corrected chi connectivity index (χ2v) is 5.12. The van der Waals surface area contributed by atoms with Crippen LogP contribution in [0.5, 0.6) is 0 Å². The van der Waals surface area contributed by atoms with Gasteiger partial charge in [-0.3, -0.25) is 4.79 Å². The number of nitrogens with two attached hydrogens (primary N) is 2. The molecule has 0 saturated heterocycles. The number of rotatable bonds is 3. The first-order chi connectivity index (χ1) is 9.13. The second kappa shape index (κ2) is 6.38. The van der Waals surface area contributed by atoms with E-state index in [0.717, 1.165) is 36.9 Å². The van der Waals surface area contributed by atoms with Crippen molar-refractivity contribution in [1.82, 2.24) is 5.32 Å². The molecule has 19 heavy (non-hydrogen) atoms. The third kappa shape index (κ3) is 4.41. The van der Waals surface area contributed by atoms with Gasteiger partial charge in [0.1, 0.15) is 0 Å². The molecule has 1 aliphatic rings. The molecule has 1 amide bonds. The molecule has 0 spiro atoms. The van der Waals surface area contributed by atoms with Crippen LogP contribution in [0, 0.1) is 0 Å². The van der Waals surface area contributed by atoms with E-state index in [-0.39, 0.29) is 11.9 Å². The number of anilines is 1. The predicted octanol–water partition coefficient (Wildman–Crippen LogP) is 1.67. The van der Waals surface area contributed by atoms with Gasteiger partial charge >= 0.3 is 0 Å². The largest absolute Gasteiger partial charge is 0.399 e. The zero-order valence-electron chi connectivity index (χ0n) is 11.0. The number of nitrogens with one attached hydrogen (secondary N) is 1. The van der Waals surface area contributed by atoms with E-state index >= 15 is 0 Å². The lowest BCUT2D eigenvalue weighted by molar-refractivity contribution is -0.117. The van der Waals surface area contributed by atoms with Crippen molar-refractivity contribution in [2.24, 2.45) is 5.73 Å². The molecule has 0 atom stereocenters. The van der Waals surface area contributed by atoms with Crippen LogP contribution in [0.1, 0.15) is 31.2 Å². The van der Waals surface area contributed by atoms with Crippen molar-refractivity contribution in [3.8, 4) is 0 Å². The number of hydrogen-bond donors (Lipinski definition) is 3. The fraction of sp³-hybridized carbons (Fsp3) is 0.400. The van der Waals surface area contributed by atoms with E-state index < -0.39 is 0 Å². The predicted molar refractivity (Wildman–Crippen MR) is 78.3 cm³/mol. The van der Waals surface area contributed by atoms with E-state index in [1.807, 2.05) is 24.3 Å². The van der Waals surface area contributed by atoms with Gasteiger partial charge < -0.3 is 16.8 Å². The topological polar surface area (TPSA) is 81.1 Å². The third-order valence-electron chi connectivity index (χ3n) is 3.48. The standard InChI is InChI=1S/C15H21N3O/c16-12-4-1-11(2-5-12)3-10-15(19)18-14-8-6-13(17)7-9-14/h1-5,10,13-14H,6-9,16-17H2,(H,18,19)/b10-3+. The number of hydrogen-bond acceptors (Lipinski definition) is 3. The minimum absolute atomic E-state index is 0.0442. The third-order valence-corrected chi connectivity index (χ3v) is 3.48. The lowest BCUT2D eigenvalue weighted by atomic mass is 9.92. The summed E-state index contributed by atoms with van der Waals surface area (Å²) in [5, 5.41) is 3.02. The van der Waals surface area contributed by atoms with Gasteiger partial charge in [0.25, 0.3) is 0 Å². The van der Waals surface area contributed by atoms with Gasteiger partial charge in [-0.1, -0.05) is 12.1 Å². The number of amides is 1. The van der Waals surface area contributed by atoms with Gasteiger partial charge in [-0.05, 0) is 49.5 Å². The molecule has 0 unspecified atom stereocenters. The highest BCUT2D eigenvalue weighted by atomic mass is 16.1. The minimum atomic E-state index is -0.0442. The molecule has 1 fully saturated rings. The minimum Gasteiger partial charge on any atom is -0.399 e. The van der Waals surface area contributed by atoms with Crippen molar-refractivity contribution < 1.29 is 4.79 Å². The van der Waals surface area contributed by atoms with E-state index in [0.29, 0.717) is 6.04 Å². The average Bonchev–Trinajstić information content (AvgIpc) is 2.41. The van der Waals surface area contributed by atoms with E-state index in [4.69, 9.17) is 11.5 Å². The van der Waals surface area contributed by atoms with Crippen molar-refractivity contribution >= 4 is 17.7 Å². The smallest absolute Gasteiger partial charge is 0.244 e. The highest BCUT2D eigenvalue weighted by Gasteiger charge is 2.18. The molecular formula is C15H21N3O. The highest BCUT2D eigenvalue weighted by molar-refractivity contribution is 5.91. The van der Waals surface area contributed by atoms with Gasteiger partial charge in [0.05, 0.1) is 0 Å². The van der Waals surface area contributed by atoms with Gasteiger partial charge in [-0.15, -0.1) is 0 Å². The van der Waals surface area contributed by atoms with Gasteiger partial charge in [0, 0.05) is 23.8 Å². The Morgan fingerprint density at radius 1 is 1.16 bits per heavy atom. The van der Waals surface area contributed by atoms with Gasteiger partial charge in [-0.25, -0.2) is 0 Å². The second-order valence-electron chi connectivity index (χ2n) is 5.12. The monoisotopic (exact) mass is 259 g/mol. The van der Waals surface area contributed by atoms with Crippen LogP contribution in [0.4, 0.5) is 5.69 Å². The quantitative estimate of drug-likeness (QED) is 0.570. The molecule has 1 saturated carbocycles. The molecule has 102 valence electrons. The fourth-order valence-electron chi connectivity index (χ4n) is 2.29. The maximum Gasteiger partial charge on any atom is 0.244 e. The van der Waals surface area contributed by atoms with Crippen LogP contribution in [0.2, 0.25) is 0 Å². The summed E-state index contributed by atoms with van der Waals surface area (Å²) in [6.07, 6.45) is 7.30. The SMILES string of the molecule is Nc1ccc(/C=C/C(=O)NC2CCC(N)CC2)cc1. The van der Waals surface area contributed by atoms with Crippen LogP contribution in [-0.2, 0) is 4.79 Å². The number of carbonyl (C=O) groups is 1. The Balaban J connectivity index is 1.82. The molecule has 1 aliphatic carbocycles. The van der Waals surface area contributed by atoms with Crippen molar-refractivity contribution in [1.29, 1.82) is 0 Å². The molecule has 4 nitrogen and oxygen atoms in total. The molecule has 1 aromatic carbocycles. The summed E-state index contributed by atoms with van der Waals surface area (Å²) in [5.74, 6) is -0.0442. The van der Waals surface area contributed by atoms with Crippen LogP contribution >= 0.6 is 0 Å². The first-order valence-corrected chi connectivity index (χ1v) is 6.73. The first kappa shape index (κ1) is 13.6. The summed E-state index contributed by atoms with van der Waals surface area (Å²) in [6.45, 7) is 0. The van der Waals surface area contributed by atoms with Gasteiger partial charge in [0.15, 0.2) is 0 Å². The summed E-state index contributed by atoms with van der Waals surface area (Å²) in [4.78, 5) is 11.8. The Morgan fingerprint density at radius 3 is 2.42 bits per heavy atom. The fourth-order valence-corrected chi connectivity index (χ4v) is 2.29. The number of benzene rings is 1. The Kier molecular flexibility index (Phi) is 4.58. The Morgan fingerprint density at radius 2 is 1.79 bits per heavy atom. The zero-order valence-corrected chi connectivity index (χ0v) is 11.0. The van der Waals surface area contributed by atoms with Crippen molar-refractivity contribution in [3.05, 3.63) is 35.9 Å². The summed E-state index contributed by atoms with van der Waals surface area (Å²) in [7, 11) is 0. The highest BCUT2D eigenvalue weighted by Crippen LogP contribution is 2.16. The Hall–Kier alpha value is -1.81. The van der Waals surface area contributed by atoms with Crippen LogP contribution in [-0.4, -0.2) is 18.0 Å². The molecule has 0 heterocycles. The molecule has 0 aliphatic heterocycles. The van der Waals surface area contributed by atoms with E-state index in [2.05, 4.69) is 5.32 Å². The normalized spacial score (nSPS) is 23.4.